The van der Waals surface area contributed by atoms with Crippen LogP contribution in [0.25, 0.3) is 0 Å². The molecule has 30 heavy (non-hydrogen) atoms. The maximum absolute atomic E-state index is 13.7. The van der Waals surface area contributed by atoms with E-state index in [1.54, 1.807) is 25.2 Å². The highest BCUT2D eigenvalue weighted by Crippen LogP contribution is 2.20. The van der Waals surface area contributed by atoms with Crippen molar-refractivity contribution >= 4 is 47.4 Å². The molecule has 0 radical (unpaired) electrons. The van der Waals surface area contributed by atoms with E-state index < -0.39 is 0 Å². The average molecular weight is 544 g/mol. The normalized spacial score (nSPS) is 15.2. The van der Waals surface area contributed by atoms with Gasteiger partial charge in [-0.15, -0.1) is 24.0 Å². The molecule has 0 spiro atoms. The molecule has 1 heterocycles. The minimum atomic E-state index is -0.353. The van der Waals surface area contributed by atoms with Crippen molar-refractivity contribution in [1.82, 2.24) is 10.6 Å². The second kappa shape index (κ2) is 12.9. The van der Waals surface area contributed by atoms with Gasteiger partial charge in [-0.25, -0.2) is 4.39 Å². The SMILES string of the molecule is CN=C(NCc1ccc(N2CCSCC2)cc1)NCC(C)Oc1ccccc1F.I. The third-order valence-corrected chi connectivity index (χ3v) is 5.66. The maximum Gasteiger partial charge on any atom is 0.191 e. The summed E-state index contributed by atoms with van der Waals surface area (Å²) in [6.07, 6.45) is -0.201. The zero-order valence-electron chi connectivity index (χ0n) is 17.4. The smallest absolute Gasteiger partial charge is 0.191 e. The third kappa shape index (κ3) is 7.54. The predicted molar refractivity (Wildman–Crippen MR) is 136 cm³/mol. The molecule has 0 aliphatic carbocycles. The average Bonchev–Trinajstić information content (AvgIpc) is 2.76. The molecule has 2 aromatic carbocycles. The van der Waals surface area contributed by atoms with Crippen LogP contribution in [0.15, 0.2) is 53.5 Å². The number of hydrogen-bond acceptors (Lipinski definition) is 4. The van der Waals surface area contributed by atoms with Gasteiger partial charge in [0.2, 0.25) is 0 Å². The standard InChI is InChI=1S/C22H29FN4OS.HI/c1-17(28-21-6-4-3-5-20(21)23)15-25-22(24-2)26-16-18-7-9-19(10-8-18)27-11-13-29-14-12-27;/h3-10,17H,11-16H2,1-2H3,(H2,24,25,26);1H. The Hall–Kier alpha value is -1.68. The van der Waals surface area contributed by atoms with E-state index in [1.165, 1.54) is 28.8 Å². The number of ether oxygens (including phenoxy) is 1. The first-order valence-electron chi connectivity index (χ1n) is 9.93. The van der Waals surface area contributed by atoms with Crippen LogP contribution in [0.4, 0.5) is 10.1 Å². The van der Waals surface area contributed by atoms with Crippen molar-refractivity contribution in [2.45, 2.75) is 19.6 Å². The van der Waals surface area contributed by atoms with E-state index in [-0.39, 0.29) is 41.6 Å². The highest BCUT2D eigenvalue weighted by molar-refractivity contribution is 14.0. The van der Waals surface area contributed by atoms with Crippen molar-refractivity contribution in [1.29, 1.82) is 0 Å². The Morgan fingerprint density at radius 3 is 2.50 bits per heavy atom. The Balaban J connectivity index is 0.00000320. The summed E-state index contributed by atoms with van der Waals surface area (Å²) in [5, 5.41) is 6.53. The van der Waals surface area contributed by atoms with Crippen molar-refractivity contribution < 1.29 is 9.13 Å². The van der Waals surface area contributed by atoms with Crippen molar-refractivity contribution in [3.8, 4) is 5.75 Å². The lowest BCUT2D eigenvalue weighted by Crippen LogP contribution is -2.41. The number of nitrogens with one attached hydrogen (secondary N) is 2. The molecule has 3 rings (SSSR count). The van der Waals surface area contributed by atoms with Crippen molar-refractivity contribution in [2.24, 2.45) is 4.99 Å². The van der Waals surface area contributed by atoms with Crippen LogP contribution in [0.3, 0.4) is 0 Å². The van der Waals surface area contributed by atoms with Gasteiger partial charge in [0.05, 0.1) is 6.54 Å². The van der Waals surface area contributed by atoms with Crippen molar-refractivity contribution in [3.05, 3.63) is 59.9 Å². The topological polar surface area (TPSA) is 48.9 Å². The second-order valence-electron chi connectivity index (χ2n) is 6.93. The molecule has 5 nitrogen and oxygen atoms in total. The van der Waals surface area contributed by atoms with E-state index in [0.29, 0.717) is 19.0 Å². The lowest BCUT2D eigenvalue weighted by atomic mass is 10.2. The monoisotopic (exact) mass is 544 g/mol. The number of aliphatic imine (C=N–C) groups is 1. The molecule has 0 bridgehead atoms. The molecule has 1 aliphatic heterocycles. The number of nitrogens with zero attached hydrogens (tertiary/aromatic N) is 2. The van der Waals surface area contributed by atoms with Gasteiger partial charge < -0.3 is 20.3 Å². The number of guanidine groups is 1. The zero-order valence-corrected chi connectivity index (χ0v) is 20.6. The van der Waals surface area contributed by atoms with Gasteiger partial charge in [-0.2, -0.15) is 11.8 Å². The minimum absolute atomic E-state index is 0. The lowest BCUT2D eigenvalue weighted by molar-refractivity contribution is 0.214. The molecule has 0 aromatic heterocycles. The van der Waals surface area contributed by atoms with Gasteiger partial charge >= 0.3 is 0 Å². The van der Waals surface area contributed by atoms with Crippen molar-refractivity contribution in [2.75, 3.05) is 43.1 Å². The quantitative estimate of drug-likeness (QED) is 0.312. The Morgan fingerprint density at radius 1 is 1.13 bits per heavy atom. The predicted octanol–water partition coefficient (Wildman–Crippen LogP) is 4.13. The highest BCUT2D eigenvalue weighted by Gasteiger charge is 2.11. The van der Waals surface area contributed by atoms with Crippen LogP contribution in [0.5, 0.6) is 5.75 Å². The minimum Gasteiger partial charge on any atom is -0.486 e. The lowest BCUT2D eigenvalue weighted by Gasteiger charge is -2.28. The Kier molecular flexibility index (Phi) is 10.6. The number of thioether (sulfide) groups is 1. The number of anilines is 1. The second-order valence-corrected chi connectivity index (χ2v) is 8.16. The van der Waals surface area contributed by atoms with Gasteiger partial charge in [-0.3, -0.25) is 4.99 Å². The summed E-state index contributed by atoms with van der Waals surface area (Å²) >= 11 is 2.02. The van der Waals surface area contributed by atoms with Gasteiger partial charge in [0.25, 0.3) is 0 Å². The van der Waals surface area contributed by atoms with E-state index in [0.717, 1.165) is 13.1 Å². The number of benzene rings is 2. The summed E-state index contributed by atoms with van der Waals surface area (Å²) in [5.41, 5.74) is 2.48. The third-order valence-electron chi connectivity index (χ3n) is 4.72. The molecule has 1 aliphatic rings. The molecule has 2 N–H and O–H groups in total. The summed E-state index contributed by atoms with van der Waals surface area (Å²) in [5.74, 6) is 2.99. The van der Waals surface area contributed by atoms with E-state index in [4.69, 9.17) is 4.74 Å². The van der Waals surface area contributed by atoms with Gasteiger partial charge in [0.15, 0.2) is 17.5 Å². The van der Waals surface area contributed by atoms with Crippen LogP contribution in [-0.2, 0) is 6.54 Å². The first-order chi connectivity index (χ1) is 14.2. The van der Waals surface area contributed by atoms with Crippen LogP contribution >= 0.6 is 35.7 Å². The molecule has 1 saturated heterocycles. The largest absolute Gasteiger partial charge is 0.486 e. The van der Waals surface area contributed by atoms with Crippen LogP contribution < -0.4 is 20.3 Å². The van der Waals surface area contributed by atoms with E-state index in [1.807, 2.05) is 18.7 Å². The molecule has 0 saturated carbocycles. The van der Waals surface area contributed by atoms with E-state index in [9.17, 15) is 4.39 Å². The first-order valence-corrected chi connectivity index (χ1v) is 11.1. The maximum atomic E-state index is 13.7. The Labute approximate surface area is 199 Å². The van der Waals surface area contributed by atoms with Crippen LogP contribution in [-0.4, -0.2) is 50.3 Å². The molecule has 164 valence electrons. The zero-order chi connectivity index (χ0) is 20.5. The summed E-state index contributed by atoms with van der Waals surface area (Å²) < 4.78 is 19.3. The number of halogens is 2. The molecule has 1 unspecified atom stereocenters. The molecular weight excluding hydrogens is 514 g/mol. The fourth-order valence-corrected chi connectivity index (χ4v) is 3.99. The van der Waals surface area contributed by atoms with Gasteiger partial charge in [-0.1, -0.05) is 24.3 Å². The molecule has 0 amide bonds. The van der Waals surface area contributed by atoms with E-state index >= 15 is 0 Å². The summed E-state index contributed by atoms with van der Waals surface area (Å²) in [6.45, 7) is 5.32. The molecule has 1 atom stereocenters. The van der Waals surface area contributed by atoms with Gasteiger partial charge in [0, 0.05) is 43.9 Å². The fourth-order valence-electron chi connectivity index (χ4n) is 3.09. The molecule has 8 heteroatoms. The molecule has 1 fully saturated rings. The number of para-hydroxylation sites is 1. The van der Waals surface area contributed by atoms with Gasteiger partial charge in [0.1, 0.15) is 6.10 Å². The van der Waals surface area contributed by atoms with Gasteiger partial charge in [-0.05, 0) is 36.8 Å². The van der Waals surface area contributed by atoms with Crippen LogP contribution in [0.1, 0.15) is 12.5 Å². The highest BCUT2D eigenvalue weighted by atomic mass is 127. The summed E-state index contributed by atoms with van der Waals surface area (Å²) in [7, 11) is 1.73. The number of hydrogen-bond donors (Lipinski definition) is 2. The Morgan fingerprint density at radius 2 is 1.83 bits per heavy atom. The number of rotatable bonds is 7. The summed E-state index contributed by atoms with van der Waals surface area (Å²) in [4.78, 5) is 6.68. The van der Waals surface area contributed by atoms with Crippen LogP contribution in [0.2, 0.25) is 0 Å². The Bertz CT molecular complexity index is 800. The van der Waals surface area contributed by atoms with E-state index in [2.05, 4.69) is 44.8 Å². The molecule has 2 aromatic rings. The molecular formula is C22H30FIN4OS. The van der Waals surface area contributed by atoms with Crippen LogP contribution in [0, 0.1) is 5.82 Å². The fraction of sp³-hybridized carbons (Fsp3) is 0.409. The van der Waals surface area contributed by atoms with Crippen molar-refractivity contribution in [3.63, 3.8) is 0 Å². The first kappa shape index (κ1) is 24.6. The summed E-state index contributed by atoms with van der Waals surface area (Å²) in [6, 6.07) is 15.1.